The Kier molecular flexibility index (Phi) is 4.00. The number of benzene rings is 2. The van der Waals surface area contributed by atoms with Gasteiger partial charge in [0, 0.05) is 5.56 Å². The van der Waals surface area contributed by atoms with E-state index in [2.05, 4.69) is 10.3 Å². The summed E-state index contributed by atoms with van der Waals surface area (Å²) in [5.74, 6) is 0.444. The maximum absolute atomic E-state index is 12.3. The highest BCUT2D eigenvalue weighted by Gasteiger charge is 2.15. The van der Waals surface area contributed by atoms with Crippen molar-refractivity contribution in [1.29, 1.82) is 0 Å². The van der Waals surface area contributed by atoms with E-state index in [1.54, 1.807) is 25.3 Å². The zero-order chi connectivity index (χ0) is 15.7. The number of carbonyl (C=O) groups is 1. The summed E-state index contributed by atoms with van der Waals surface area (Å²) in [5, 5.41) is 3.90. The molecule has 0 aliphatic heterocycles. The van der Waals surface area contributed by atoms with Crippen molar-refractivity contribution < 1.29 is 9.53 Å². The normalized spacial score (nSPS) is 10.7. The summed E-state index contributed by atoms with van der Waals surface area (Å²) in [6.45, 7) is 1.90. The second-order valence-electron chi connectivity index (χ2n) is 4.72. The number of hydrogen-bond acceptors (Lipinski definition) is 4. The topological polar surface area (TPSA) is 51.2 Å². The van der Waals surface area contributed by atoms with Gasteiger partial charge < -0.3 is 4.74 Å². The van der Waals surface area contributed by atoms with Crippen molar-refractivity contribution in [2.45, 2.75) is 6.92 Å². The average Bonchev–Trinajstić information content (AvgIpc) is 2.92. The van der Waals surface area contributed by atoms with E-state index >= 15 is 0 Å². The summed E-state index contributed by atoms with van der Waals surface area (Å²) in [6.07, 6.45) is 0. The number of nitrogens with one attached hydrogen (secondary N) is 1. The van der Waals surface area contributed by atoms with Gasteiger partial charge in [0.2, 0.25) is 0 Å². The number of hydrogen-bond donors (Lipinski definition) is 1. The number of rotatable bonds is 3. The minimum absolute atomic E-state index is 0.188. The van der Waals surface area contributed by atoms with Crippen LogP contribution in [0.2, 0.25) is 5.02 Å². The minimum atomic E-state index is -0.188. The Bertz CT molecular complexity index is 860. The van der Waals surface area contributed by atoms with Crippen LogP contribution in [0.15, 0.2) is 36.4 Å². The van der Waals surface area contributed by atoms with Gasteiger partial charge in [0.05, 0.1) is 16.8 Å². The molecule has 22 heavy (non-hydrogen) atoms. The molecule has 0 aliphatic rings. The summed E-state index contributed by atoms with van der Waals surface area (Å²) in [4.78, 5) is 16.8. The second kappa shape index (κ2) is 5.94. The fourth-order valence-electron chi connectivity index (χ4n) is 2.16. The van der Waals surface area contributed by atoms with Crippen molar-refractivity contribution in [1.82, 2.24) is 4.98 Å². The van der Waals surface area contributed by atoms with Crippen molar-refractivity contribution in [3.8, 4) is 5.75 Å². The van der Waals surface area contributed by atoms with Crippen LogP contribution in [0.3, 0.4) is 0 Å². The average molecular weight is 333 g/mol. The number of halogens is 1. The largest absolute Gasteiger partial charge is 0.494 e. The Balaban J connectivity index is 1.96. The van der Waals surface area contributed by atoms with E-state index in [0.29, 0.717) is 27.0 Å². The van der Waals surface area contributed by atoms with Crippen LogP contribution in [-0.4, -0.2) is 18.0 Å². The Morgan fingerprint density at radius 1 is 1.27 bits per heavy atom. The molecule has 1 heterocycles. The molecule has 0 aliphatic carbocycles. The summed E-state index contributed by atoms with van der Waals surface area (Å²) in [7, 11) is 1.58. The number of anilines is 1. The molecule has 0 spiro atoms. The summed E-state index contributed by atoms with van der Waals surface area (Å²) >= 11 is 7.51. The quantitative estimate of drug-likeness (QED) is 0.767. The SMILES string of the molecule is COc1ccc(Cl)c2sc(NC(=O)c3ccccc3C)nc12. The van der Waals surface area contributed by atoms with Crippen LogP contribution in [0.25, 0.3) is 10.2 Å². The van der Waals surface area contributed by atoms with Crippen molar-refractivity contribution in [2.24, 2.45) is 0 Å². The molecule has 0 fully saturated rings. The molecule has 0 unspecified atom stereocenters. The number of fused-ring (bicyclic) bond motifs is 1. The van der Waals surface area contributed by atoms with Gasteiger partial charge in [-0.2, -0.15) is 0 Å². The van der Waals surface area contributed by atoms with Crippen LogP contribution < -0.4 is 10.1 Å². The molecule has 0 saturated carbocycles. The summed E-state index contributed by atoms with van der Waals surface area (Å²) in [5.41, 5.74) is 2.19. The molecule has 0 atom stereocenters. The zero-order valence-electron chi connectivity index (χ0n) is 12.0. The van der Waals surface area contributed by atoms with Gasteiger partial charge >= 0.3 is 0 Å². The first-order chi connectivity index (χ1) is 10.6. The zero-order valence-corrected chi connectivity index (χ0v) is 13.6. The third kappa shape index (κ3) is 2.65. The number of ether oxygens (including phenoxy) is 1. The number of methoxy groups -OCH3 is 1. The maximum Gasteiger partial charge on any atom is 0.257 e. The first kappa shape index (κ1) is 14.8. The fraction of sp³-hybridized carbons (Fsp3) is 0.125. The highest BCUT2D eigenvalue weighted by atomic mass is 35.5. The molecule has 112 valence electrons. The second-order valence-corrected chi connectivity index (χ2v) is 6.12. The van der Waals surface area contributed by atoms with E-state index in [1.165, 1.54) is 11.3 Å². The minimum Gasteiger partial charge on any atom is -0.494 e. The Morgan fingerprint density at radius 2 is 2.05 bits per heavy atom. The number of aryl methyl sites for hydroxylation is 1. The van der Waals surface area contributed by atoms with Gasteiger partial charge in [0.25, 0.3) is 5.91 Å². The molecule has 3 aromatic rings. The lowest BCUT2D eigenvalue weighted by Gasteiger charge is -2.04. The van der Waals surface area contributed by atoms with Gasteiger partial charge in [0.1, 0.15) is 11.3 Å². The van der Waals surface area contributed by atoms with Gasteiger partial charge in [-0.05, 0) is 30.7 Å². The third-order valence-corrected chi connectivity index (χ3v) is 4.72. The molecule has 0 saturated heterocycles. The van der Waals surface area contributed by atoms with Crippen LogP contribution in [0, 0.1) is 6.92 Å². The lowest BCUT2D eigenvalue weighted by atomic mass is 10.1. The number of amides is 1. The molecule has 0 bridgehead atoms. The van der Waals surface area contributed by atoms with E-state index in [9.17, 15) is 4.79 Å². The van der Waals surface area contributed by atoms with Crippen molar-refractivity contribution in [3.05, 3.63) is 52.5 Å². The first-order valence-corrected chi connectivity index (χ1v) is 7.79. The van der Waals surface area contributed by atoms with Gasteiger partial charge in [-0.3, -0.25) is 10.1 Å². The molecule has 0 radical (unpaired) electrons. The monoisotopic (exact) mass is 332 g/mol. The molecular formula is C16H13ClN2O2S. The Morgan fingerprint density at radius 3 is 2.77 bits per heavy atom. The number of carbonyl (C=O) groups excluding carboxylic acids is 1. The first-order valence-electron chi connectivity index (χ1n) is 6.60. The number of thiazole rings is 1. The molecule has 1 N–H and O–H groups in total. The van der Waals surface area contributed by atoms with Crippen LogP contribution in [-0.2, 0) is 0 Å². The van der Waals surface area contributed by atoms with E-state index in [4.69, 9.17) is 16.3 Å². The van der Waals surface area contributed by atoms with E-state index in [0.717, 1.165) is 10.3 Å². The van der Waals surface area contributed by atoms with Gasteiger partial charge in [-0.15, -0.1) is 0 Å². The van der Waals surface area contributed by atoms with Crippen molar-refractivity contribution in [2.75, 3.05) is 12.4 Å². The molecular weight excluding hydrogens is 320 g/mol. The highest BCUT2D eigenvalue weighted by molar-refractivity contribution is 7.23. The van der Waals surface area contributed by atoms with Crippen LogP contribution in [0.4, 0.5) is 5.13 Å². The standard InChI is InChI=1S/C16H13ClN2O2S/c1-9-5-3-4-6-10(9)15(20)19-16-18-13-12(21-2)8-7-11(17)14(13)22-16/h3-8H,1-2H3,(H,18,19,20). The van der Waals surface area contributed by atoms with Gasteiger partial charge in [0.15, 0.2) is 5.13 Å². The fourth-order valence-corrected chi connectivity index (χ4v) is 3.31. The number of aromatic nitrogens is 1. The van der Waals surface area contributed by atoms with Crippen LogP contribution in [0.5, 0.6) is 5.75 Å². The van der Waals surface area contributed by atoms with Crippen molar-refractivity contribution >= 4 is 44.2 Å². The predicted octanol–water partition coefficient (Wildman–Crippen LogP) is 4.52. The molecule has 4 nitrogen and oxygen atoms in total. The molecule has 2 aromatic carbocycles. The van der Waals surface area contributed by atoms with Crippen LogP contribution in [0.1, 0.15) is 15.9 Å². The Hall–Kier alpha value is -2.11. The number of nitrogens with zero attached hydrogens (tertiary/aromatic N) is 1. The van der Waals surface area contributed by atoms with E-state index in [1.807, 2.05) is 25.1 Å². The highest BCUT2D eigenvalue weighted by Crippen LogP contribution is 2.37. The lowest BCUT2D eigenvalue weighted by Crippen LogP contribution is -2.12. The van der Waals surface area contributed by atoms with Crippen molar-refractivity contribution in [3.63, 3.8) is 0 Å². The van der Waals surface area contributed by atoms with Gasteiger partial charge in [-0.25, -0.2) is 4.98 Å². The smallest absolute Gasteiger partial charge is 0.257 e. The molecule has 3 rings (SSSR count). The van der Waals surface area contributed by atoms with E-state index < -0.39 is 0 Å². The predicted molar refractivity (Wildman–Crippen MR) is 90.3 cm³/mol. The summed E-state index contributed by atoms with van der Waals surface area (Å²) < 4.78 is 6.07. The molecule has 6 heteroatoms. The van der Waals surface area contributed by atoms with E-state index in [-0.39, 0.29) is 5.91 Å². The summed E-state index contributed by atoms with van der Waals surface area (Å²) in [6, 6.07) is 10.9. The lowest BCUT2D eigenvalue weighted by molar-refractivity contribution is 0.102. The third-order valence-electron chi connectivity index (χ3n) is 3.29. The van der Waals surface area contributed by atoms with Crippen LogP contribution >= 0.6 is 22.9 Å². The Labute approximate surface area is 136 Å². The maximum atomic E-state index is 12.3. The molecule has 1 amide bonds. The van der Waals surface area contributed by atoms with Gasteiger partial charge in [-0.1, -0.05) is 41.1 Å². The molecule has 1 aromatic heterocycles.